The maximum absolute atomic E-state index is 12.4. The number of nitrogens with two attached hydrogens (primary N) is 1. The Morgan fingerprint density at radius 2 is 1.73 bits per heavy atom. The van der Waals surface area contributed by atoms with E-state index in [1.807, 2.05) is 0 Å². The highest BCUT2D eigenvalue weighted by Crippen LogP contribution is 2.43. The van der Waals surface area contributed by atoms with Crippen molar-refractivity contribution in [3.05, 3.63) is 28.3 Å². The molecule has 84 valence electrons. The molecule has 7 heteroatoms. The molecule has 0 amide bonds. The van der Waals surface area contributed by atoms with Crippen LogP contribution in [0.3, 0.4) is 0 Å². The van der Waals surface area contributed by atoms with E-state index in [1.165, 1.54) is 0 Å². The first kappa shape index (κ1) is 12.0. The van der Waals surface area contributed by atoms with Gasteiger partial charge < -0.3 is 5.73 Å². The Bertz CT molecular complexity index is 374. The van der Waals surface area contributed by atoms with E-state index >= 15 is 0 Å². The maximum Gasteiger partial charge on any atom is 0.418 e. The summed E-state index contributed by atoms with van der Waals surface area (Å²) in [5, 5.41) is -0.785. The molecule has 0 radical (unpaired) electrons. The molecule has 0 fully saturated rings. The minimum atomic E-state index is -4.95. The van der Waals surface area contributed by atoms with Crippen molar-refractivity contribution in [2.24, 2.45) is 0 Å². The van der Waals surface area contributed by atoms with Crippen molar-refractivity contribution in [1.82, 2.24) is 0 Å². The quantitative estimate of drug-likeness (QED) is 0.590. The molecule has 0 saturated carbocycles. The average Bonchev–Trinajstić information content (AvgIpc) is 2.05. The minimum Gasteiger partial charge on any atom is -0.398 e. The third kappa shape index (κ3) is 2.31. The molecular weight excluding hydrogens is 241 g/mol. The number of nitrogen functional groups attached to an aromatic ring is 1. The maximum atomic E-state index is 12.4. The summed E-state index contributed by atoms with van der Waals surface area (Å²) < 4.78 is 61.8. The van der Waals surface area contributed by atoms with E-state index in [1.54, 1.807) is 0 Å². The lowest BCUT2D eigenvalue weighted by molar-refractivity contribution is -0.139. The summed E-state index contributed by atoms with van der Waals surface area (Å²) in [6.07, 6.45) is -8.27. The molecule has 1 aromatic carbocycles. The fraction of sp³-hybridized carbons (Fsp3) is 0.250. The van der Waals surface area contributed by atoms with Crippen molar-refractivity contribution < 1.29 is 22.0 Å². The van der Waals surface area contributed by atoms with Crippen molar-refractivity contribution in [1.29, 1.82) is 0 Å². The van der Waals surface area contributed by atoms with Gasteiger partial charge in [-0.2, -0.15) is 13.2 Å². The van der Waals surface area contributed by atoms with Crippen LogP contribution in [0.5, 0.6) is 0 Å². The van der Waals surface area contributed by atoms with Crippen LogP contribution in [0.1, 0.15) is 17.6 Å². The van der Waals surface area contributed by atoms with Gasteiger partial charge in [-0.3, -0.25) is 0 Å². The van der Waals surface area contributed by atoms with Gasteiger partial charge in [0.05, 0.1) is 16.1 Å². The van der Waals surface area contributed by atoms with Gasteiger partial charge in [-0.15, -0.1) is 0 Å². The lowest BCUT2D eigenvalue weighted by Crippen LogP contribution is -2.12. The van der Waals surface area contributed by atoms with Crippen LogP contribution in [-0.4, -0.2) is 0 Å². The lowest BCUT2D eigenvalue weighted by atomic mass is 10.1. The van der Waals surface area contributed by atoms with Gasteiger partial charge in [0.2, 0.25) is 0 Å². The number of alkyl halides is 5. The highest BCUT2D eigenvalue weighted by molar-refractivity contribution is 6.31. The fourth-order valence-corrected chi connectivity index (χ4v) is 1.40. The number of rotatable bonds is 1. The monoisotopic (exact) mass is 245 g/mol. The molecule has 0 saturated heterocycles. The van der Waals surface area contributed by atoms with Gasteiger partial charge >= 0.3 is 6.18 Å². The molecule has 15 heavy (non-hydrogen) atoms. The van der Waals surface area contributed by atoms with Gasteiger partial charge in [0, 0.05) is 5.69 Å². The smallest absolute Gasteiger partial charge is 0.398 e. The van der Waals surface area contributed by atoms with Crippen LogP contribution in [0.4, 0.5) is 27.6 Å². The summed E-state index contributed by atoms with van der Waals surface area (Å²) in [6.45, 7) is 0. The lowest BCUT2D eigenvalue weighted by Gasteiger charge is -2.15. The Hall–Kier alpha value is -1.04. The molecule has 1 nitrogen and oxygen atoms in total. The van der Waals surface area contributed by atoms with Gasteiger partial charge in [-0.05, 0) is 12.1 Å². The van der Waals surface area contributed by atoms with E-state index in [4.69, 9.17) is 17.3 Å². The largest absolute Gasteiger partial charge is 0.418 e. The Morgan fingerprint density at radius 3 is 2.07 bits per heavy atom. The van der Waals surface area contributed by atoms with Crippen molar-refractivity contribution >= 4 is 17.3 Å². The number of hydrogen-bond donors (Lipinski definition) is 1. The Labute approximate surface area is 86.6 Å². The summed E-state index contributed by atoms with van der Waals surface area (Å²) in [7, 11) is 0. The summed E-state index contributed by atoms with van der Waals surface area (Å²) in [6, 6.07) is 1.75. The van der Waals surface area contributed by atoms with E-state index < -0.39 is 34.4 Å². The first-order chi connectivity index (χ1) is 6.75. The zero-order valence-corrected chi connectivity index (χ0v) is 7.83. The van der Waals surface area contributed by atoms with Gasteiger partial charge in [-0.1, -0.05) is 11.6 Å². The second-order valence-electron chi connectivity index (χ2n) is 2.72. The Morgan fingerprint density at radius 1 is 1.20 bits per heavy atom. The molecule has 0 aliphatic carbocycles. The molecule has 0 aromatic heterocycles. The third-order valence-corrected chi connectivity index (χ3v) is 2.05. The van der Waals surface area contributed by atoms with E-state index in [2.05, 4.69) is 0 Å². The van der Waals surface area contributed by atoms with Gasteiger partial charge in [0.25, 0.3) is 6.43 Å². The van der Waals surface area contributed by atoms with E-state index in [0.29, 0.717) is 0 Å². The van der Waals surface area contributed by atoms with Crippen LogP contribution in [0.25, 0.3) is 0 Å². The summed E-state index contributed by atoms with van der Waals surface area (Å²) in [4.78, 5) is 0. The summed E-state index contributed by atoms with van der Waals surface area (Å²) in [5.74, 6) is 0. The normalized spacial score (nSPS) is 12.2. The molecule has 0 heterocycles. The van der Waals surface area contributed by atoms with Crippen LogP contribution >= 0.6 is 11.6 Å². The predicted octanol–water partition coefficient (Wildman–Crippen LogP) is 3.88. The van der Waals surface area contributed by atoms with Gasteiger partial charge in [0.15, 0.2) is 0 Å². The van der Waals surface area contributed by atoms with Crippen LogP contribution in [0.15, 0.2) is 12.1 Å². The first-order valence-corrected chi connectivity index (χ1v) is 4.06. The summed E-state index contributed by atoms with van der Waals surface area (Å²) >= 11 is 5.22. The molecular formula is C8H5ClF5N. The zero-order valence-electron chi connectivity index (χ0n) is 7.08. The Balaban J connectivity index is 3.53. The molecule has 0 aliphatic rings. The Kier molecular flexibility index (Phi) is 3.08. The van der Waals surface area contributed by atoms with E-state index in [9.17, 15) is 22.0 Å². The summed E-state index contributed by atoms with van der Waals surface area (Å²) in [5.41, 5.74) is 1.59. The van der Waals surface area contributed by atoms with E-state index in [0.717, 1.165) is 12.1 Å². The zero-order chi connectivity index (χ0) is 11.8. The second kappa shape index (κ2) is 3.84. The predicted molar refractivity (Wildman–Crippen MR) is 45.8 cm³/mol. The van der Waals surface area contributed by atoms with Gasteiger partial charge in [-0.25, -0.2) is 8.78 Å². The molecule has 0 unspecified atom stereocenters. The number of hydrogen-bond acceptors (Lipinski definition) is 1. The molecule has 0 bridgehead atoms. The molecule has 0 spiro atoms. The van der Waals surface area contributed by atoms with Gasteiger partial charge in [0.1, 0.15) is 0 Å². The SMILES string of the molecule is Nc1ccc(Cl)c(C(F)(F)F)c1C(F)F. The average molecular weight is 246 g/mol. The van der Waals surface area contributed by atoms with Crippen molar-refractivity contribution in [3.8, 4) is 0 Å². The molecule has 0 aliphatic heterocycles. The fourth-order valence-electron chi connectivity index (χ4n) is 1.13. The van der Waals surface area contributed by atoms with Crippen LogP contribution < -0.4 is 5.73 Å². The van der Waals surface area contributed by atoms with Crippen molar-refractivity contribution in [2.75, 3.05) is 5.73 Å². The van der Waals surface area contributed by atoms with Crippen molar-refractivity contribution in [2.45, 2.75) is 12.6 Å². The number of anilines is 1. The van der Waals surface area contributed by atoms with E-state index in [-0.39, 0.29) is 0 Å². The molecule has 2 N–H and O–H groups in total. The number of benzene rings is 1. The molecule has 1 aromatic rings. The van der Waals surface area contributed by atoms with Crippen molar-refractivity contribution in [3.63, 3.8) is 0 Å². The first-order valence-electron chi connectivity index (χ1n) is 3.68. The molecule has 1 rings (SSSR count). The number of halogens is 6. The third-order valence-electron chi connectivity index (χ3n) is 1.73. The van der Waals surface area contributed by atoms with Crippen LogP contribution in [0.2, 0.25) is 5.02 Å². The minimum absolute atomic E-state index is 0.623. The highest BCUT2D eigenvalue weighted by Gasteiger charge is 2.39. The van der Waals surface area contributed by atoms with Crippen LogP contribution in [0, 0.1) is 0 Å². The van der Waals surface area contributed by atoms with Crippen LogP contribution in [-0.2, 0) is 6.18 Å². The standard InChI is InChI=1S/C8H5ClF5N/c9-3-1-2-4(15)5(7(10)11)6(3)8(12,13)14/h1-2,7H,15H2. The molecule has 0 atom stereocenters. The highest BCUT2D eigenvalue weighted by atomic mass is 35.5. The topological polar surface area (TPSA) is 26.0 Å². The second-order valence-corrected chi connectivity index (χ2v) is 3.13.